The number of anilines is 1. The van der Waals surface area contributed by atoms with Gasteiger partial charge in [-0.1, -0.05) is 12.1 Å². The summed E-state index contributed by atoms with van der Waals surface area (Å²) < 4.78 is 29.0. The Morgan fingerprint density at radius 2 is 2.00 bits per heavy atom. The smallest absolute Gasteiger partial charge is 0.387 e. The highest BCUT2D eigenvalue weighted by atomic mass is 19.3. The van der Waals surface area contributed by atoms with Gasteiger partial charge in [-0.2, -0.15) is 8.78 Å². The molecule has 4 nitrogen and oxygen atoms in total. The van der Waals surface area contributed by atoms with Crippen LogP contribution in [0.1, 0.15) is 16.1 Å². The van der Waals surface area contributed by atoms with Crippen LogP contribution >= 0.6 is 0 Å². The summed E-state index contributed by atoms with van der Waals surface area (Å²) >= 11 is 0. The predicted octanol–water partition coefficient (Wildman–Crippen LogP) is 2.50. The molecule has 0 atom stereocenters. The predicted molar refractivity (Wildman–Crippen MR) is 65.2 cm³/mol. The zero-order valence-electron chi connectivity index (χ0n) is 9.72. The highest BCUT2D eigenvalue weighted by Gasteiger charge is 2.20. The number of carbonyl (C=O) groups is 1. The van der Waals surface area contributed by atoms with E-state index in [2.05, 4.69) is 9.72 Å². The number of rotatable bonds is 4. The van der Waals surface area contributed by atoms with Gasteiger partial charge in [0.15, 0.2) is 5.75 Å². The number of hydrogen-bond acceptors (Lipinski definition) is 4. The number of pyridine rings is 1. The summed E-state index contributed by atoms with van der Waals surface area (Å²) in [7, 11) is 0. The molecule has 19 heavy (non-hydrogen) atoms. The van der Waals surface area contributed by atoms with Crippen LogP contribution in [0.25, 0.3) is 0 Å². The lowest BCUT2D eigenvalue weighted by molar-refractivity contribution is -0.0496. The Morgan fingerprint density at radius 3 is 2.63 bits per heavy atom. The van der Waals surface area contributed by atoms with Crippen molar-refractivity contribution in [2.24, 2.45) is 0 Å². The third-order valence-electron chi connectivity index (χ3n) is 2.39. The second-order valence-electron chi connectivity index (χ2n) is 3.65. The first kappa shape index (κ1) is 12.9. The van der Waals surface area contributed by atoms with Crippen LogP contribution in [0.2, 0.25) is 0 Å². The van der Waals surface area contributed by atoms with Crippen molar-refractivity contribution >= 4 is 11.5 Å². The summed E-state index contributed by atoms with van der Waals surface area (Å²) in [6.45, 7) is -3.06. The van der Waals surface area contributed by atoms with Crippen LogP contribution in [0, 0.1) is 0 Å². The Labute approximate surface area is 107 Å². The molecule has 0 unspecified atom stereocenters. The van der Waals surface area contributed by atoms with E-state index in [0.717, 1.165) is 0 Å². The monoisotopic (exact) mass is 264 g/mol. The van der Waals surface area contributed by atoms with E-state index in [0.29, 0.717) is 0 Å². The van der Waals surface area contributed by atoms with E-state index in [1.807, 2.05) is 0 Å². The minimum Gasteiger partial charge on any atom is -0.432 e. The standard InChI is InChI=1S/C13H10F2N2O2/c14-13(15)19-12-8(4-3-5-9(12)16)11(18)10-6-1-2-7-17-10/h1-7,13H,16H2. The SMILES string of the molecule is Nc1cccc(C(=O)c2ccccn2)c1OC(F)F. The second-order valence-corrected chi connectivity index (χ2v) is 3.65. The van der Waals surface area contributed by atoms with Crippen LogP contribution < -0.4 is 10.5 Å². The van der Waals surface area contributed by atoms with Crippen LogP contribution in [-0.2, 0) is 0 Å². The molecule has 1 heterocycles. The lowest BCUT2D eigenvalue weighted by Crippen LogP contribution is -2.11. The lowest BCUT2D eigenvalue weighted by Gasteiger charge is -2.11. The number of carbonyl (C=O) groups excluding carboxylic acids is 1. The normalized spacial score (nSPS) is 10.5. The molecule has 2 aromatic rings. The van der Waals surface area contributed by atoms with Crippen LogP contribution in [0.5, 0.6) is 5.75 Å². The van der Waals surface area contributed by atoms with Gasteiger partial charge in [-0.3, -0.25) is 9.78 Å². The van der Waals surface area contributed by atoms with Crippen molar-refractivity contribution < 1.29 is 18.3 Å². The molecule has 2 rings (SSSR count). The van der Waals surface area contributed by atoms with Crippen molar-refractivity contribution in [3.63, 3.8) is 0 Å². The summed E-state index contributed by atoms with van der Waals surface area (Å²) in [6, 6.07) is 8.99. The molecule has 0 aliphatic rings. The molecule has 0 radical (unpaired) electrons. The molecule has 1 aromatic carbocycles. The third-order valence-corrected chi connectivity index (χ3v) is 2.39. The van der Waals surface area contributed by atoms with Gasteiger partial charge in [0.2, 0.25) is 5.78 Å². The zero-order valence-corrected chi connectivity index (χ0v) is 9.72. The number of nitrogen functional groups attached to an aromatic ring is 1. The molecule has 0 bridgehead atoms. The Hall–Kier alpha value is -2.50. The van der Waals surface area contributed by atoms with Gasteiger partial charge in [0.1, 0.15) is 5.69 Å². The Balaban J connectivity index is 2.45. The molecule has 0 amide bonds. The zero-order chi connectivity index (χ0) is 13.8. The quantitative estimate of drug-likeness (QED) is 0.680. The molecule has 98 valence electrons. The van der Waals surface area contributed by atoms with E-state index in [1.54, 1.807) is 12.1 Å². The number of para-hydroxylation sites is 1. The van der Waals surface area contributed by atoms with E-state index >= 15 is 0 Å². The maximum atomic E-state index is 12.3. The minimum atomic E-state index is -3.06. The van der Waals surface area contributed by atoms with Crippen LogP contribution in [0.15, 0.2) is 42.6 Å². The number of aromatic nitrogens is 1. The topological polar surface area (TPSA) is 65.2 Å². The lowest BCUT2D eigenvalue weighted by atomic mass is 10.1. The first-order valence-corrected chi connectivity index (χ1v) is 5.38. The van der Waals surface area contributed by atoms with E-state index in [1.165, 1.54) is 30.5 Å². The number of halogens is 2. The van der Waals surface area contributed by atoms with Crippen molar-refractivity contribution in [3.8, 4) is 5.75 Å². The summed E-state index contributed by atoms with van der Waals surface area (Å²) in [6.07, 6.45) is 1.44. The number of ether oxygens (including phenoxy) is 1. The Kier molecular flexibility index (Phi) is 3.70. The molecule has 1 aromatic heterocycles. The van der Waals surface area contributed by atoms with Gasteiger partial charge in [0, 0.05) is 6.20 Å². The molecule has 2 N–H and O–H groups in total. The Morgan fingerprint density at radius 1 is 1.21 bits per heavy atom. The molecule has 0 aliphatic carbocycles. The average molecular weight is 264 g/mol. The molecule has 0 fully saturated rings. The van der Waals surface area contributed by atoms with Gasteiger partial charge in [0.05, 0.1) is 11.3 Å². The fourth-order valence-electron chi connectivity index (χ4n) is 1.59. The van der Waals surface area contributed by atoms with Crippen LogP contribution in [0.4, 0.5) is 14.5 Å². The maximum Gasteiger partial charge on any atom is 0.387 e. The van der Waals surface area contributed by atoms with Crippen LogP contribution in [0.3, 0.4) is 0 Å². The number of benzene rings is 1. The fraction of sp³-hybridized carbons (Fsp3) is 0.0769. The van der Waals surface area contributed by atoms with E-state index in [-0.39, 0.29) is 22.7 Å². The average Bonchev–Trinajstić information content (AvgIpc) is 2.41. The molecule has 0 spiro atoms. The molecule has 6 heteroatoms. The van der Waals surface area contributed by atoms with Gasteiger partial charge < -0.3 is 10.5 Å². The van der Waals surface area contributed by atoms with Gasteiger partial charge in [-0.25, -0.2) is 0 Å². The van der Waals surface area contributed by atoms with Gasteiger partial charge in [0.25, 0.3) is 0 Å². The molecule has 0 aliphatic heterocycles. The van der Waals surface area contributed by atoms with Crippen LogP contribution in [-0.4, -0.2) is 17.4 Å². The van der Waals surface area contributed by atoms with Crippen molar-refractivity contribution in [2.45, 2.75) is 6.61 Å². The first-order chi connectivity index (χ1) is 9.09. The van der Waals surface area contributed by atoms with Gasteiger partial charge in [-0.05, 0) is 24.3 Å². The molecular weight excluding hydrogens is 254 g/mol. The van der Waals surface area contributed by atoms with E-state index in [4.69, 9.17) is 5.73 Å². The summed E-state index contributed by atoms with van der Waals surface area (Å²) in [5.74, 6) is -0.850. The molecular formula is C13H10F2N2O2. The summed E-state index contributed by atoms with van der Waals surface area (Å²) in [4.78, 5) is 16.0. The maximum absolute atomic E-state index is 12.3. The summed E-state index contributed by atoms with van der Waals surface area (Å²) in [5, 5.41) is 0. The highest BCUT2D eigenvalue weighted by Crippen LogP contribution is 2.29. The van der Waals surface area contributed by atoms with Crippen molar-refractivity contribution in [1.82, 2.24) is 4.98 Å². The van der Waals surface area contributed by atoms with Gasteiger partial charge >= 0.3 is 6.61 Å². The minimum absolute atomic E-state index is 0.0259. The van der Waals surface area contributed by atoms with Crippen molar-refractivity contribution in [2.75, 3.05) is 5.73 Å². The van der Waals surface area contributed by atoms with Gasteiger partial charge in [-0.15, -0.1) is 0 Å². The fourth-order valence-corrected chi connectivity index (χ4v) is 1.59. The number of nitrogens with zero attached hydrogens (tertiary/aromatic N) is 1. The number of alkyl halides is 2. The molecule has 0 saturated heterocycles. The highest BCUT2D eigenvalue weighted by molar-refractivity contribution is 6.10. The third kappa shape index (κ3) is 2.85. The summed E-state index contributed by atoms with van der Waals surface area (Å²) in [5.41, 5.74) is 5.62. The second kappa shape index (κ2) is 5.43. The van der Waals surface area contributed by atoms with Crippen molar-refractivity contribution in [3.05, 3.63) is 53.9 Å². The van der Waals surface area contributed by atoms with Crippen molar-refractivity contribution in [1.29, 1.82) is 0 Å². The number of ketones is 1. The number of nitrogens with two attached hydrogens (primary N) is 1. The van der Waals surface area contributed by atoms with E-state index in [9.17, 15) is 13.6 Å². The van der Waals surface area contributed by atoms with E-state index < -0.39 is 12.4 Å². The molecule has 0 saturated carbocycles. The largest absolute Gasteiger partial charge is 0.432 e. The Bertz CT molecular complexity index is 588. The first-order valence-electron chi connectivity index (χ1n) is 5.38. The number of hydrogen-bond donors (Lipinski definition) is 1.